The van der Waals surface area contributed by atoms with Gasteiger partial charge in [0.2, 0.25) is 0 Å². The van der Waals surface area contributed by atoms with Gasteiger partial charge in [-0.2, -0.15) is 0 Å². The molecule has 1 saturated heterocycles. The molecular weight excluding hydrogens is 238 g/mol. The lowest BCUT2D eigenvalue weighted by Gasteiger charge is -2.18. The second-order valence-electron chi connectivity index (χ2n) is 5.58. The summed E-state index contributed by atoms with van der Waals surface area (Å²) in [7, 11) is 0. The van der Waals surface area contributed by atoms with Crippen LogP contribution in [0.3, 0.4) is 0 Å². The Morgan fingerprint density at radius 1 is 1.32 bits per heavy atom. The van der Waals surface area contributed by atoms with E-state index < -0.39 is 0 Å². The van der Waals surface area contributed by atoms with E-state index in [0.717, 1.165) is 12.3 Å². The third-order valence-corrected chi connectivity index (χ3v) is 3.53. The van der Waals surface area contributed by atoms with Crippen molar-refractivity contribution in [3.05, 3.63) is 29.8 Å². The van der Waals surface area contributed by atoms with Crippen molar-refractivity contribution in [2.45, 2.75) is 51.9 Å². The van der Waals surface area contributed by atoms with Gasteiger partial charge in [0.25, 0.3) is 0 Å². The Balaban J connectivity index is 1.64. The quantitative estimate of drug-likeness (QED) is 0.856. The Labute approximate surface area is 116 Å². The molecule has 1 aromatic carbocycles. The van der Waals surface area contributed by atoms with Crippen LogP contribution in [-0.2, 0) is 4.74 Å². The van der Waals surface area contributed by atoms with Gasteiger partial charge in [0.05, 0.1) is 12.2 Å². The molecular formula is C16H25NO2. The third kappa shape index (κ3) is 4.84. The lowest BCUT2D eigenvalue weighted by Crippen LogP contribution is -2.37. The molecule has 0 amide bonds. The number of hydrogen-bond donors (Lipinski definition) is 1. The molecule has 19 heavy (non-hydrogen) atoms. The fourth-order valence-corrected chi connectivity index (χ4v) is 2.28. The highest BCUT2D eigenvalue weighted by atomic mass is 16.5. The highest BCUT2D eigenvalue weighted by molar-refractivity contribution is 5.26. The van der Waals surface area contributed by atoms with Crippen LogP contribution in [0.2, 0.25) is 0 Å². The normalized spacial score (nSPS) is 24.4. The van der Waals surface area contributed by atoms with Gasteiger partial charge in [-0.15, -0.1) is 0 Å². The van der Waals surface area contributed by atoms with E-state index in [0.29, 0.717) is 24.9 Å². The topological polar surface area (TPSA) is 30.5 Å². The van der Waals surface area contributed by atoms with Gasteiger partial charge in [-0.3, -0.25) is 0 Å². The van der Waals surface area contributed by atoms with E-state index >= 15 is 0 Å². The first kappa shape index (κ1) is 14.4. The monoisotopic (exact) mass is 263 g/mol. The van der Waals surface area contributed by atoms with Crippen molar-refractivity contribution in [2.24, 2.45) is 0 Å². The van der Waals surface area contributed by atoms with Gasteiger partial charge in [-0.25, -0.2) is 0 Å². The van der Waals surface area contributed by atoms with Crippen molar-refractivity contribution in [1.82, 2.24) is 5.32 Å². The standard InChI is InChI=1S/C16H25NO2/c1-12-4-7-15(8-5-12)18-11-13(2)17-10-16-9-6-14(3)19-16/h4-5,7-8,13-14,16-17H,6,9-11H2,1-3H3. The zero-order valence-electron chi connectivity index (χ0n) is 12.2. The van der Waals surface area contributed by atoms with Crippen LogP contribution in [-0.4, -0.2) is 31.4 Å². The lowest BCUT2D eigenvalue weighted by molar-refractivity contribution is 0.0536. The predicted octanol–water partition coefficient (Wildman–Crippen LogP) is 2.92. The van der Waals surface area contributed by atoms with E-state index in [1.54, 1.807) is 0 Å². The Hall–Kier alpha value is -1.06. The summed E-state index contributed by atoms with van der Waals surface area (Å²) < 4.78 is 11.5. The average Bonchev–Trinajstić information content (AvgIpc) is 2.81. The molecule has 1 aliphatic heterocycles. The zero-order valence-corrected chi connectivity index (χ0v) is 12.2. The van der Waals surface area contributed by atoms with Crippen molar-refractivity contribution < 1.29 is 9.47 Å². The molecule has 0 aliphatic carbocycles. The third-order valence-electron chi connectivity index (χ3n) is 3.53. The van der Waals surface area contributed by atoms with Gasteiger partial charge < -0.3 is 14.8 Å². The highest BCUT2D eigenvalue weighted by Crippen LogP contribution is 2.18. The maximum absolute atomic E-state index is 5.78. The van der Waals surface area contributed by atoms with Crippen LogP contribution >= 0.6 is 0 Å². The van der Waals surface area contributed by atoms with E-state index in [2.05, 4.69) is 38.2 Å². The maximum atomic E-state index is 5.78. The van der Waals surface area contributed by atoms with Crippen LogP contribution in [0.15, 0.2) is 24.3 Å². The van der Waals surface area contributed by atoms with Crippen molar-refractivity contribution in [1.29, 1.82) is 0 Å². The number of ether oxygens (including phenoxy) is 2. The molecule has 0 bridgehead atoms. The second kappa shape index (κ2) is 6.92. The Morgan fingerprint density at radius 3 is 2.68 bits per heavy atom. The molecule has 0 spiro atoms. The van der Waals surface area contributed by atoms with Crippen LogP contribution in [0.25, 0.3) is 0 Å². The highest BCUT2D eigenvalue weighted by Gasteiger charge is 2.21. The molecule has 1 aliphatic rings. The van der Waals surface area contributed by atoms with Gasteiger partial charge in [0.1, 0.15) is 12.4 Å². The minimum atomic E-state index is 0.334. The second-order valence-corrected chi connectivity index (χ2v) is 5.58. The first-order valence-corrected chi connectivity index (χ1v) is 7.22. The molecule has 1 fully saturated rings. The molecule has 0 radical (unpaired) electrons. The molecule has 3 heteroatoms. The minimum absolute atomic E-state index is 0.334. The molecule has 1 aromatic rings. The number of aryl methyl sites for hydroxylation is 1. The fourth-order valence-electron chi connectivity index (χ4n) is 2.28. The summed E-state index contributed by atoms with van der Waals surface area (Å²) in [6, 6.07) is 8.51. The van der Waals surface area contributed by atoms with Crippen molar-refractivity contribution in [3.8, 4) is 5.75 Å². The van der Waals surface area contributed by atoms with Crippen LogP contribution < -0.4 is 10.1 Å². The van der Waals surface area contributed by atoms with E-state index in [9.17, 15) is 0 Å². The van der Waals surface area contributed by atoms with Crippen LogP contribution in [0.5, 0.6) is 5.75 Å². The van der Waals surface area contributed by atoms with E-state index in [-0.39, 0.29) is 0 Å². The SMILES string of the molecule is Cc1ccc(OCC(C)NCC2CCC(C)O2)cc1. The van der Waals surface area contributed by atoms with Gasteiger partial charge in [-0.05, 0) is 45.7 Å². The number of nitrogens with one attached hydrogen (secondary N) is 1. The van der Waals surface area contributed by atoms with Gasteiger partial charge in [-0.1, -0.05) is 17.7 Å². The van der Waals surface area contributed by atoms with Crippen molar-refractivity contribution >= 4 is 0 Å². The largest absolute Gasteiger partial charge is 0.492 e. The lowest BCUT2D eigenvalue weighted by atomic mass is 10.2. The predicted molar refractivity (Wildman–Crippen MR) is 77.7 cm³/mol. The summed E-state index contributed by atoms with van der Waals surface area (Å²) in [5.74, 6) is 0.935. The molecule has 2 rings (SSSR count). The minimum Gasteiger partial charge on any atom is -0.492 e. The fraction of sp³-hybridized carbons (Fsp3) is 0.625. The van der Waals surface area contributed by atoms with Crippen LogP contribution in [0.1, 0.15) is 32.3 Å². The van der Waals surface area contributed by atoms with Crippen molar-refractivity contribution in [3.63, 3.8) is 0 Å². The van der Waals surface area contributed by atoms with E-state index in [1.165, 1.54) is 18.4 Å². The molecule has 106 valence electrons. The van der Waals surface area contributed by atoms with Gasteiger partial charge in [0.15, 0.2) is 0 Å². The van der Waals surface area contributed by atoms with E-state index in [1.807, 2.05) is 12.1 Å². The first-order valence-electron chi connectivity index (χ1n) is 7.22. The molecule has 3 nitrogen and oxygen atoms in total. The summed E-state index contributed by atoms with van der Waals surface area (Å²) in [6.45, 7) is 7.97. The average molecular weight is 263 g/mol. The van der Waals surface area contributed by atoms with Gasteiger partial charge >= 0.3 is 0 Å². The smallest absolute Gasteiger partial charge is 0.119 e. The zero-order chi connectivity index (χ0) is 13.7. The Bertz CT molecular complexity index is 377. The molecule has 1 N–H and O–H groups in total. The van der Waals surface area contributed by atoms with Crippen LogP contribution in [0, 0.1) is 6.92 Å². The van der Waals surface area contributed by atoms with E-state index in [4.69, 9.17) is 9.47 Å². The number of hydrogen-bond acceptors (Lipinski definition) is 3. The Kier molecular flexibility index (Phi) is 5.23. The summed E-state index contributed by atoms with van der Waals surface area (Å²) >= 11 is 0. The molecule has 0 saturated carbocycles. The Morgan fingerprint density at radius 2 is 2.05 bits per heavy atom. The molecule has 1 heterocycles. The van der Waals surface area contributed by atoms with Crippen molar-refractivity contribution in [2.75, 3.05) is 13.2 Å². The first-order chi connectivity index (χ1) is 9.13. The molecule has 0 aromatic heterocycles. The maximum Gasteiger partial charge on any atom is 0.119 e. The summed E-state index contributed by atoms with van der Waals surface area (Å²) in [5, 5.41) is 3.48. The number of benzene rings is 1. The summed E-state index contributed by atoms with van der Waals surface area (Å²) in [4.78, 5) is 0. The van der Waals surface area contributed by atoms with Gasteiger partial charge in [0, 0.05) is 12.6 Å². The summed E-state index contributed by atoms with van der Waals surface area (Å²) in [6.07, 6.45) is 3.14. The van der Waals surface area contributed by atoms with Crippen LogP contribution in [0.4, 0.5) is 0 Å². The molecule has 3 unspecified atom stereocenters. The number of rotatable bonds is 6. The molecule has 3 atom stereocenters. The summed E-state index contributed by atoms with van der Waals surface area (Å²) in [5.41, 5.74) is 1.26.